The maximum atomic E-state index is 8.30. The second kappa shape index (κ2) is 5.13. The molecule has 0 atom stereocenters. The number of piperidine rings is 1. The second-order valence-electron chi connectivity index (χ2n) is 3.28. The van der Waals surface area contributed by atoms with Crippen LogP contribution >= 0.6 is 0 Å². The van der Waals surface area contributed by atoms with Gasteiger partial charge in [-0.05, 0) is 19.9 Å². The van der Waals surface area contributed by atoms with E-state index < -0.39 is 0 Å². The van der Waals surface area contributed by atoms with Gasteiger partial charge < -0.3 is 9.64 Å². The van der Waals surface area contributed by atoms with Crippen molar-refractivity contribution >= 4 is 0 Å². The van der Waals surface area contributed by atoms with E-state index >= 15 is 0 Å². The summed E-state index contributed by atoms with van der Waals surface area (Å²) in [5.41, 5.74) is 0. The Morgan fingerprint density at radius 1 is 1.50 bits per heavy atom. The predicted octanol–water partition coefficient (Wildman–Crippen LogP) is 1.01. The third-order valence-electron chi connectivity index (χ3n) is 2.23. The highest BCUT2D eigenvalue weighted by molar-refractivity contribution is 4.72. The van der Waals surface area contributed by atoms with Crippen LogP contribution in [0.2, 0.25) is 0 Å². The fourth-order valence-corrected chi connectivity index (χ4v) is 1.42. The minimum absolute atomic E-state index is 0.398. The van der Waals surface area contributed by atoms with Crippen LogP contribution in [0.1, 0.15) is 19.3 Å². The van der Waals surface area contributed by atoms with Crippen LogP contribution in [0.5, 0.6) is 0 Å². The first-order chi connectivity index (χ1) is 5.83. The van der Waals surface area contributed by atoms with Crippen molar-refractivity contribution in [3.63, 3.8) is 0 Å². The Morgan fingerprint density at radius 2 is 2.17 bits per heavy atom. The van der Waals surface area contributed by atoms with Gasteiger partial charge in [0.2, 0.25) is 0 Å². The van der Waals surface area contributed by atoms with Gasteiger partial charge >= 0.3 is 0 Å². The fraction of sp³-hybridized carbons (Fsp3) is 0.889. The lowest BCUT2D eigenvalue weighted by Crippen LogP contribution is -2.34. The van der Waals surface area contributed by atoms with E-state index in [-0.39, 0.29) is 0 Å². The Kier molecular flexibility index (Phi) is 4.06. The summed E-state index contributed by atoms with van der Waals surface area (Å²) in [5.74, 6) is 0. The van der Waals surface area contributed by atoms with Crippen molar-refractivity contribution in [2.75, 3.05) is 26.7 Å². The van der Waals surface area contributed by atoms with Crippen LogP contribution in [0.3, 0.4) is 0 Å². The monoisotopic (exact) mass is 168 g/mol. The van der Waals surface area contributed by atoms with Gasteiger partial charge in [-0.1, -0.05) is 0 Å². The molecule has 0 bridgehead atoms. The Hall–Kier alpha value is -0.590. The van der Waals surface area contributed by atoms with Crippen LogP contribution < -0.4 is 0 Å². The zero-order chi connectivity index (χ0) is 8.81. The number of hydrogen-bond donors (Lipinski definition) is 0. The quantitative estimate of drug-likeness (QED) is 0.590. The Labute approximate surface area is 73.9 Å². The third-order valence-corrected chi connectivity index (χ3v) is 2.23. The standard InChI is InChI=1S/C9H16N2O/c1-11-6-3-9(4-7-11)12-8-2-5-10/h9H,2-4,6-8H2,1H3. The third kappa shape index (κ3) is 3.21. The van der Waals surface area contributed by atoms with Crippen LogP contribution in [0.4, 0.5) is 0 Å². The molecule has 0 aromatic heterocycles. The molecular weight excluding hydrogens is 152 g/mol. The summed E-state index contributed by atoms with van der Waals surface area (Å²) in [6.07, 6.45) is 3.14. The number of rotatable bonds is 3. The molecule has 68 valence electrons. The molecule has 0 saturated carbocycles. The maximum Gasteiger partial charge on any atom is 0.0645 e. The maximum absolute atomic E-state index is 8.30. The molecule has 0 spiro atoms. The molecule has 1 fully saturated rings. The largest absolute Gasteiger partial charge is 0.377 e. The number of nitriles is 1. The van der Waals surface area contributed by atoms with E-state index in [1.807, 2.05) is 0 Å². The molecule has 0 N–H and O–H groups in total. The van der Waals surface area contributed by atoms with Crippen LogP contribution in [0, 0.1) is 11.3 Å². The average molecular weight is 168 g/mol. The van der Waals surface area contributed by atoms with Gasteiger partial charge in [-0.2, -0.15) is 5.26 Å². The minimum Gasteiger partial charge on any atom is -0.377 e. The highest BCUT2D eigenvalue weighted by atomic mass is 16.5. The molecule has 0 radical (unpaired) electrons. The zero-order valence-electron chi connectivity index (χ0n) is 7.62. The summed E-state index contributed by atoms with van der Waals surface area (Å²) in [5, 5.41) is 8.30. The fourth-order valence-electron chi connectivity index (χ4n) is 1.42. The SMILES string of the molecule is CN1CCC(OCCC#N)CC1. The van der Waals surface area contributed by atoms with Crippen LogP contribution in [0.25, 0.3) is 0 Å². The molecule has 1 saturated heterocycles. The van der Waals surface area contributed by atoms with Gasteiger partial charge in [0, 0.05) is 13.1 Å². The molecule has 3 heteroatoms. The average Bonchev–Trinajstić information content (AvgIpc) is 2.09. The van der Waals surface area contributed by atoms with E-state index in [2.05, 4.69) is 18.0 Å². The Balaban J connectivity index is 2.06. The van der Waals surface area contributed by atoms with Gasteiger partial charge in [0.05, 0.1) is 25.2 Å². The summed E-state index contributed by atoms with van der Waals surface area (Å²) < 4.78 is 5.52. The molecule has 1 aliphatic heterocycles. The first-order valence-electron chi connectivity index (χ1n) is 4.50. The first kappa shape index (κ1) is 9.50. The lowest BCUT2D eigenvalue weighted by molar-refractivity contribution is 0.0154. The molecule has 0 unspecified atom stereocenters. The molecule has 1 rings (SSSR count). The number of nitrogens with zero attached hydrogens (tertiary/aromatic N) is 2. The van der Waals surface area contributed by atoms with Crippen LogP contribution in [0.15, 0.2) is 0 Å². The van der Waals surface area contributed by atoms with E-state index in [0.717, 1.165) is 25.9 Å². The summed E-state index contributed by atoms with van der Waals surface area (Å²) in [7, 11) is 2.13. The molecule has 0 aromatic carbocycles. The second-order valence-corrected chi connectivity index (χ2v) is 3.28. The van der Waals surface area contributed by atoms with E-state index in [0.29, 0.717) is 19.1 Å². The molecule has 0 aromatic rings. The zero-order valence-corrected chi connectivity index (χ0v) is 7.62. The van der Waals surface area contributed by atoms with E-state index in [1.165, 1.54) is 0 Å². The molecule has 3 nitrogen and oxygen atoms in total. The first-order valence-corrected chi connectivity index (χ1v) is 4.50. The van der Waals surface area contributed by atoms with E-state index in [4.69, 9.17) is 10.00 Å². The highest BCUT2D eigenvalue weighted by Gasteiger charge is 2.16. The van der Waals surface area contributed by atoms with Gasteiger partial charge in [-0.3, -0.25) is 0 Å². The Bertz CT molecular complexity index is 156. The summed E-state index contributed by atoms with van der Waals surface area (Å²) in [4.78, 5) is 2.31. The number of hydrogen-bond acceptors (Lipinski definition) is 3. The van der Waals surface area contributed by atoms with Crippen molar-refractivity contribution in [1.29, 1.82) is 5.26 Å². The van der Waals surface area contributed by atoms with Gasteiger partial charge in [0.15, 0.2) is 0 Å². The van der Waals surface area contributed by atoms with Crippen molar-refractivity contribution in [3.05, 3.63) is 0 Å². The number of likely N-dealkylation sites (tertiary alicyclic amines) is 1. The number of ether oxygens (including phenoxy) is 1. The molecule has 0 amide bonds. The van der Waals surface area contributed by atoms with Crippen molar-refractivity contribution in [2.45, 2.75) is 25.4 Å². The van der Waals surface area contributed by atoms with E-state index in [9.17, 15) is 0 Å². The molecule has 1 heterocycles. The topological polar surface area (TPSA) is 36.3 Å². The predicted molar refractivity (Wildman–Crippen MR) is 46.7 cm³/mol. The van der Waals surface area contributed by atoms with E-state index in [1.54, 1.807) is 0 Å². The van der Waals surface area contributed by atoms with Gasteiger partial charge in [-0.25, -0.2) is 0 Å². The summed E-state index contributed by atoms with van der Waals surface area (Å²) in [6.45, 7) is 2.85. The lowest BCUT2D eigenvalue weighted by Gasteiger charge is -2.28. The van der Waals surface area contributed by atoms with Crippen molar-refractivity contribution in [1.82, 2.24) is 4.90 Å². The highest BCUT2D eigenvalue weighted by Crippen LogP contribution is 2.11. The minimum atomic E-state index is 0.398. The van der Waals surface area contributed by atoms with Crippen LogP contribution in [-0.2, 0) is 4.74 Å². The normalized spacial score (nSPS) is 20.7. The van der Waals surface area contributed by atoms with Crippen molar-refractivity contribution in [2.24, 2.45) is 0 Å². The molecule has 0 aliphatic carbocycles. The smallest absolute Gasteiger partial charge is 0.0645 e. The summed E-state index contributed by atoms with van der Waals surface area (Å²) in [6, 6.07) is 2.08. The van der Waals surface area contributed by atoms with Gasteiger partial charge in [-0.15, -0.1) is 0 Å². The molecular formula is C9H16N2O. The summed E-state index contributed by atoms with van der Waals surface area (Å²) >= 11 is 0. The van der Waals surface area contributed by atoms with Gasteiger partial charge in [0.1, 0.15) is 0 Å². The van der Waals surface area contributed by atoms with Crippen molar-refractivity contribution in [3.8, 4) is 6.07 Å². The van der Waals surface area contributed by atoms with Crippen molar-refractivity contribution < 1.29 is 4.74 Å². The Morgan fingerprint density at radius 3 is 2.75 bits per heavy atom. The molecule has 12 heavy (non-hydrogen) atoms. The molecule has 1 aliphatic rings. The van der Waals surface area contributed by atoms with Gasteiger partial charge in [0.25, 0.3) is 0 Å². The lowest BCUT2D eigenvalue weighted by atomic mass is 10.1. The van der Waals surface area contributed by atoms with Crippen LogP contribution in [-0.4, -0.2) is 37.7 Å².